The smallest absolute Gasteiger partial charge is 0.243 e. The second-order valence-corrected chi connectivity index (χ2v) is 7.35. The molecule has 0 saturated carbocycles. The molecule has 1 fully saturated rings. The van der Waals surface area contributed by atoms with E-state index in [0.29, 0.717) is 24.6 Å². The summed E-state index contributed by atoms with van der Waals surface area (Å²) in [5.74, 6) is 0. The predicted molar refractivity (Wildman–Crippen MR) is 82.6 cm³/mol. The van der Waals surface area contributed by atoms with E-state index in [9.17, 15) is 8.42 Å². The van der Waals surface area contributed by atoms with Crippen molar-refractivity contribution >= 4 is 10.0 Å². The molecule has 0 amide bonds. The van der Waals surface area contributed by atoms with Gasteiger partial charge in [-0.2, -0.15) is 4.31 Å². The highest BCUT2D eigenvalue weighted by Gasteiger charge is 2.35. The number of nitrogens with zero attached hydrogens (tertiary/aromatic N) is 1. The molecule has 1 saturated heterocycles. The minimum Gasteiger partial charge on any atom is -0.375 e. The van der Waals surface area contributed by atoms with Crippen LogP contribution < -0.4 is 5.73 Å². The highest BCUT2D eigenvalue weighted by atomic mass is 32.2. The summed E-state index contributed by atoms with van der Waals surface area (Å²) in [6.45, 7) is 5.31. The van der Waals surface area contributed by atoms with Crippen LogP contribution in [-0.4, -0.2) is 44.6 Å². The number of sulfonamides is 1. The van der Waals surface area contributed by atoms with Gasteiger partial charge in [0.25, 0.3) is 0 Å². The molecule has 0 spiro atoms. The van der Waals surface area contributed by atoms with Crippen molar-refractivity contribution in [3.63, 3.8) is 0 Å². The van der Waals surface area contributed by atoms with Crippen molar-refractivity contribution in [3.05, 3.63) is 29.8 Å². The molecule has 21 heavy (non-hydrogen) atoms. The van der Waals surface area contributed by atoms with E-state index in [0.717, 1.165) is 18.4 Å². The molecular weight excluding hydrogens is 288 g/mol. The van der Waals surface area contributed by atoms with Gasteiger partial charge in [0.05, 0.1) is 17.6 Å². The third-order valence-electron chi connectivity index (χ3n) is 3.85. The maximum Gasteiger partial charge on any atom is 0.243 e. The van der Waals surface area contributed by atoms with Gasteiger partial charge in [-0.1, -0.05) is 19.1 Å². The van der Waals surface area contributed by atoms with Crippen LogP contribution in [0.2, 0.25) is 0 Å². The molecule has 1 aliphatic heterocycles. The lowest BCUT2D eigenvalue weighted by Gasteiger charge is -2.37. The lowest BCUT2D eigenvalue weighted by molar-refractivity contribution is -0.0230. The summed E-state index contributed by atoms with van der Waals surface area (Å²) in [5, 5.41) is 0. The van der Waals surface area contributed by atoms with E-state index in [1.807, 2.05) is 26.0 Å². The van der Waals surface area contributed by atoms with Crippen molar-refractivity contribution in [2.75, 3.05) is 19.7 Å². The molecule has 1 aromatic rings. The van der Waals surface area contributed by atoms with Gasteiger partial charge < -0.3 is 10.5 Å². The maximum atomic E-state index is 12.8. The summed E-state index contributed by atoms with van der Waals surface area (Å²) in [4.78, 5) is 0.343. The van der Waals surface area contributed by atoms with Gasteiger partial charge in [-0.05, 0) is 44.0 Å². The van der Waals surface area contributed by atoms with E-state index in [2.05, 4.69) is 0 Å². The van der Waals surface area contributed by atoms with E-state index < -0.39 is 10.0 Å². The van der Waals surface area contributed by atoms with Gasteiger partial charge in [0.15, 0.2) is 0 Å². The lowest BCUT2D eigenvalue weighted by Crippen LogP contribution is -2.51. The first-order valence-electron chi connectivity index (χ1n) is 7.41. The SMILES string of the molecule is CCC1COC(C)CN1S(=O)(=O)c1ccc(CCN)cc1. The molecule has 0 aromatic heterocycles. The predicted octanol–water partition coefficient (Wildman–Crippen LogP) is 1.38. The molecule has 2 N–H and O–H groups in total. The Labute approximate surface area is 127 Å². The molecule has 0 radical (unpaired) electrons. The average molecular weight is 312 g/mol. The first kappa shape index (κ1) is 16.4. The summed E-state index contributed by atoms with van der Waals surface area (Å²) in [6, 6.07) is 6.94. The van der Waals surface area contributed by atoms with Crippen LogP contribution in [0.15, 0.2) is 29.2 Å². The second kappa shape index (κ2) is 6.87. The number of ether oxygens (including phenoxy) is 1. The zero-order valence-electron chi connectivity index (χ0n) is 12.7. The van der Waals surface area contributed by atoms with Crippen molar-refractivity contribution in [2.45, 2.75) is 43.7 Å². The third kappa shape index (κ3) is 3.63. The van der Waals surface area contributed by atoms with Crippen LogP contribution >= 0.6 is 0 Å². The topological polar surface area (TPSA) is 72.6 Å². The molecule has 0 aliphatic carbocycles. The highest BCUT2D eigenvalue weighted by molar-refractivity contribution is 7.89. The number of rotatable bonds is 5. The Morgan fingerprint density at radius 3 is 2.57 bits per heavy atom. The molecule has 0 bridgehead atoms. The van der Waals surface area contributed by atoms with Crippen molar-refractivity contribution in [3.8, 4) is 0 Å². The zero-order chi connectivity index (χ0) is 15.5. The molecule has 1 heterocycles. The molecule has 118 valence electrons. The summed E-state index contributed by atoms with van der Waals surface area (Å²) in [5.41, 5.74) is 6.57. The largest absolute Gasteiger partial charge is 0.375 e. The Morgan fingerprint density at radius 2 is 2.00 bits per heavy atom. The number of hydrogen-bond acceptors (Lipinski definition) is 4. The Hall–Kier alpha value is -0.950. The van der Waals surface area contributed by atoms with E-state index in [-0.39, 0.29) is 12.1 Å². The standard InChI is InChI=1S/C15H24N2O3S/c1-3-14-11-20-12(2)10-17(14)21(18,19)15-6-4-13(5-7-15)8-9-16/h4-7,12,14H,3,8-11,16H2,1-2H3. The molecule has 1 aromatic carbocycles. The van der Waals surface area contributed by atoms with Crippen LogP contribution in [0, 0.1) is 0 Å². The molecule has 2 atom stereocenters. The highest BCUT2D eigenvalue weighted by Crippen LogP contribution is 2.24. The van der Waals surface area contributed by atoms with Gasteiger partial charge >= 0.3 is 0 Å². The Bertz CT molecular complexity index is 557. The van der Waals surface area contributed by atoms with E-state index in [1.54, 1.807) is 16.4 Å². The Kier molecular flexibility index (Phi) is 5.37. The number of hydrogen-bond donors (Lipinski definition) is 1. The molecule has 2 rings (SSSR count). The van der Waals surface area contributed by atoms with Crippen LogP contribution in [0.25, 0.3) is 0 Å². The van der Waals surface area contributed by atoms with Gasteiger partial charge in [0.2, 0.25) is 10.0 Å². The summed E-state index contributed by atoms with van der Waals surface area (Å²) >= 11 is 0. The van der Waals surface area contributed by atoms with Crippen molar-refractivity contribution in [1.82, 2.24) is 4.31 Å². The van der Waals surface area contributed by atoms with E-state index in [4.69, 9.17) is 10.5 Å². The van der Waals surface area contributed by atoms with Crippen LogP contribution in [0.5, 0.6) is 0 Å². The number of benzene rings is 1. The van der Waals surface area contributed by atoms with Gasteiger partial charge in [0.1, 0.15) is 0 Å². The molecule has 5 nitrogen and oxygen atoms in total. The number of nitrogens with two attached hydrogens (primary N) is 1. The summed E-state index contributed by atoms with van der Waals surface area (Å²) in [6.07, 6.45) is 1.43. The minimum absolute atomic E-state index is 0.0703. The summed E-state index contributed by atoms with van der Waals surface area (Å²) < 4.78 is 32.8. The minimum atomic E-state index is -3.47. The first-order chi connectivity index (χ1) is 9.98. The van der Waals surface area contributed by atoms with Gasteiger partial charge in [-0.25, -0.2) is 8.42 Å². The van der Waals surface area contributed by atoms with Crippen LogP contribution in [-0.2, 0) is 21.2 Å². The fourth-order valence-electron chi connectivity index (χ4n) is 2.56. The quantitative estimate of drug-likeness (QED) is 0.891. The average Bonchev–Trinajstić information content (AvgIpc) is 2.48. The second-order valence-electron chi connectivity index (χ2n) is 5.46. The normalized spacial score (nSPS) is 24.1. The third-order valence-corrected chi connectivity index (χ3v) is 5.78. The van der Waals surface area contributed by atoms with Crippen LogP contribution in [0.3, 0.4) is 0 Å². The fraction of sp³-hybridized carbons (Fsp3) is 0.600. The fourth-order valence-corrected chi connectivity index (χ4v) is 4.32. The Morgan fingerprint density at radius 1 is 1.33 bits per heavy atom. The van der Waals surface area contributed by atoms with Crippen molar-refractivity contribution in [2.24, 2.45) is 5.73 Å². The summed E-state index contributed by atoms with van der Waals surface area (Å²) in [7, 11) is -3.47. The lowest BCUT2D eigenvalue weighted by atomic mass is 10.2. The van der Waals surface area contributed by atoms with Crippen LogP contribution in [0.4, 0.5) is 0 Å². The van der Waals surface area contributed by atoms with Gasteiger partial charge in [0, 0.05) is 12.6 Å². The van der Waals surface area contributed by atoms with E-state index in [1.165, 1.54) is 0 Å². The van der Waals surface area contributed by atoms with Crippen LogP contribution in [0.1, 0.15) is 25.8 Å². The monoisotopic (exact) mass is 312 g/mol. The Balaban J connectivity index is 2.26. The zero-order valence-corrected chi connectivity index (χ0v) is 13.5. The van der Waals surface area contributed by atoms with Gasteiger partial charge in [-0.15, -0.1) is 0 Å². The number of morpholine rings is 1. The molecule has 2 unspecified atom stereocenters. The van der Waals surface area contributed by atoms with E-state index >= 15 is 0 Å². The van der Waals surface area contributed by atoms with Crippen molar-refractivity contribution < 1.29 is 13.2 Å². The maximum absolute atomic E-state index is 12.8. The molecule has 1 aliphatic rings. The van der Waals surface area contributed by atoms with Crippen molar-refractivity contribution in [1.29, 1.82) is 0 Å². The first-order valence-corrected chi connectivity index (χ1v) is 8.85. The molecular formula is C15H24N2O3S. The van der Waals surface area contributed by atoms with Gasteiger partial charge in [-0.3, -0.25) is 0 Å². The molecule has 6 heteroatoms.